The quantitative estimate of drug-likeness (QED) is 0.770. The third-order valence-electron chi connectivity index (χ3n) is 2.20. The molecule has 15 heavy (non-hydrogen) atoms. The van der Waals surface area contributed by atoms with Crippen molar-refractivity contribution in [3.05, 3.63) is 11.4 Å². The maximum Gasteiger partial charge on any atom is 0.358 e. The van der Waals surface area contributed by atoms with E-state index in [-0.39, 0.29) is 12.3 Å². The van der Waals surface area contributed by atoms with Crippen LogP contribution < -0.4 is 0 Å². The van der Waals surface area contributed by atoms with Gasteiger partial charge in [-0.1, -0.05) is 11.8 Å². The van der Waals surface area contributed by atoms with Crippen molar-refractivity contribution in [1.29, 1.82) is 0 Å². The summed E-state index contributed by atoms with van der Waals surface area (Å²) in [5.74, 6) is 0.488. The lowest BCUT2D eigenvalue weighted by molar-refractivity contribution is 0.0515. The Hall–Kier alpha value is -1.01. The number of aromatic nitrogens is 2. The van der Waals surface area contributed by atoms with Crippen molar-refractivity contribution >= 4 is 17.7 Å². The second-order valence-electron chi connectivity index (χ2n) is 3.07. The van der Waals surface area contributed by atoms with Crippen LogP contribution in [0.5, 0.6) is 0 Å². The molecule has 1 aromatic heterocycles. The van der Waals surface area contributed by atoms with E-state index in [2.05, 4.69) is 4.98 Å². The van der Waals surface area contributed by atoms with Gasteiger partial charge in [0.05, 0.1) is 18.9 Å². The van der Waals surface area contributed by atoms with E-state index in [1.165, 1.54) is 0 Å². The van der Waals surface area contributed by atoms with Crippen LogP contribution in [0.4, 0.5) is 0 Å². The first kappa shape index (κ1) is 10.5. The summed E-state index contributed by atoms with van der Waals surface area (Å²) in [5.41, 5.74) is 0.815. The Morgan fingerprint density at radius 1 is 1.73 bits per heavy atom. The SMILES string of the molecule is CCOC(=O)c1nc2n(c1CO)CCS2. The van der Waals surface area contributed by atoms with Gasteiger partial charge in [-0.25, -0.2) is 9.78 Å². The molecule has 0 aliphatic carbocycles. The highest BCUT2D eigenvalue weighted by molar-refractivity contribution is 7.99. The predicted molar refractivity (Wildman–Crippen MR) is 54.8 cm³/mol. The van der Waals surface area contributed by atoms with Crippen LogP contribution >= 0.6 is 11.8 Å². The van der Waals surface area contributed by atoms with Crippen molar-refractivity contribution in [2.75, 3.05) is 12.4 Å². The average molecular weight is 228 g/mol. The monoisotopic (exact) mass is 228 g/mol. The number of aliphatic hydroxyl groups excluding tert-OH is 1. The van der Waals surface area contributed by atoms with Crippen LogP contribution in [0.2, 0.25) is 0 Å². The lowest BCUT2D eigenvalue weighted by Gasteiger charge is -2.03. The van der Waals surface area contributed by atoms with Gasteiger partial charge in [0.25, 0.3) is 0 Å². The summed E-state index contributed by atoms with van der Waals surface area (Å²) in [5, 5.41) is 10.0. The number of hydrogen-bond acceptors (Lipinski definition) is 5. The summed E-state index contributed by atoms with van der Waals surface area (Å²) in [6.07, 6.45) is 0. The van der Waals surface area contributed by atoms with Crippen molar-refractivity contribution in [2.45, 2.75) is 25.2 Å². The zero-order valence-corrected chi connectivity index (χ0v) is 9.21. The van der Waals surface area contributed by atoms with Crippen molar-refractivity contribution < 1.29 is 14.6 Å². The fourth-order valence-corrected chi connectivity index (χ4v) is 2.53. The van der Waals surface area contributed by atoms with Crippen molar-refractivity contribution in [3.63, 3.8) is 0 Å². The molecule has 0 atom stereocenters. The van der Waals surface area contributed by atoms with Crippen LogP contribution in [0.15, 0.2) is 5.16 Å². The number of aliphatic hydroxyl groups is 1. The third kappa shape index (κ3) is 1.74. The number of esters is 1. The first-order valence-corrected chi connectivity index (χ1v) is 5.76. The molecule has 2 heterocycles. The van der Waals surface area contributed by atoms with Crippen LogP contribution in [0.1, 0.15) is 23.1 Å². The van der Waals surface area contributed by atoms with Gasteiger partial charge >= 0.3 is 5.97 Å². The van der Waals surface area contributed by atoms with Crippen molar-refractivity contribution in [1.82, 2.24) is 9.55 Å². The minimum atomic E-state index is -0.455. The normalized spacial score (nSPS) is 14.0. The predicted octanol–water partition coefficient (Wildman–Crippen LogP) is 0.658. The molecule has 2 rings (SSSR count). The van der Waals surface area contributed by atoms with Gasteiger partial charge in [-0.15, -0.1) is 0 Å². The summed E-state index contributed by atoms with van der Waals surface area (Å²) in [6.45, 7) is 2.68. The zero-order chi connectivity index (χ0) is 10.8. The van der Waals surface area contributed by atoms with E-state index in [9.17, 15) is 9.90 Å². The van der Waals surface area contributed by atoms with Crippen LogP contribution in [-0.2, 0) is 17.9 Å². The number of imidazole rings is 1. The molecule has 0 spiro atoms. The number of fused-ring (bicyclic) bond motifs is 1. The Labute approximate surface area is 91.4 Å². The van der Waals surface area contributed by atoms with E-state index >= 15 is 0 Å². The van der Waals surface area contributed by atoms with E-state index in [0.717, 1.165) is 17.5 Å². The third-order valence-corrected chi connectivity index (χ3v) is 3.16. The molecular formula is C9H12N2O3S. The van der Waals surface area contributed by atoms with E-state index in [4.69, 9.17) is 4.74 Å². The molecule has 1 aromatic rings. The van der Waals surface area contributed by atoms with E-state index < -0.39 is 5.97 Å². The van der Waals surface area contributed by atoms with Crippen LogP contribution in [0.3, 0.4) is 0 Å². The maximum atomic E-state index is 11.5. The molecule has 1 aliphatic rings. The first-order valence-electron chi connectivity index (χ1n) is 4.78. The highest BCUT2D eigenvalue weighted by Crippen LogP contribution is 2.28. The Morgan fingerprint density at radius 2 is 2.53 bits per heavy atom. The molecule has 82 valence electrons. The molecule has 0 aromatic carbocycles. The molecule has 0 bridgehead atoms. The summed E-state index contributed by atoms with van der Waals surface area (Å²) >= 11 is 1.59. The number of ether oxygens (including phenoxy) is 1. The second kappa shape index (κ2) is 4.24. The summed E-state index contributed by atoms with van der Waals surface area (Å²) < 4.78 is 6.74. The van der Waals surface area contributed by atoms with Crippen LogP contribution in [-0.4, -0.2) is 33.0 Å². The minimum absolute atomic E-state index is 0.179. The summed E-state index contributed by atoms with van der Waals surface area (Å²) in [6, 6.07) is 0. The van der Waals surface area contributed by atoms with E-state index in [1.807, 2.05) is 4.57 Å². The van der Waals surface area contributed by atoms with Gasteiger partial charge in [0.2, 0.25) is 0 Å². The smallest absolute Gasteiger partial charge is 0.358 e. The molecule has 0 saturated heterocycles. The Bertz CT molecular complexity index is 389. The summed E-state index contributed by atoms with van der Waals surface area (Å²) in [4.78, 5) is 15.7. The number of rotatable bonds is 3. The molecular weight excluding hydrogens is 216 g/mol. The Morgan fingerprint density at radius 3 is 3.20 bits per heavy atom. The molecule has 0 unspecified atom stereocenters. The second-order valence-corrected chi connectivity index (χ2v) is 4.13. The fraction of sp³-hybridized carbons (Fsp3) is 0.556. The van der Waals surface area contributed by atoms with Gasteiger partial charge in [-0.05, 0) is 6.92 Å². The molecule has 1 N–H and O–H groups in total. The number of carbonyl (C=O) groups is 1. The number of nitrogens with zero attached hydrogens (tertiary/aromatic N) is 2. The number of thioether (sulfide) groups is 1. The van der Waals surface area contributed by atoms with Gasteiger partial charge in [-0.2, -0.15) is 0 Å². The van der Waals surface area contributed by atoms with Gasteiger partial charge < -0.3 is 14.4 Å². The zero-order valence-electron chi connectivity index (χ0n) is 8.39. The highest BCUT2D eigenvalue weighted by atomic mass is 32.2. The number of carbonyl (C=O) groups excluding carboxylic acids is 1. The van der Waals surface area contributed by atoms with Crippen molar-refractivity contribution in [3.8, 4) is 0 Å². The molecule has 0 fully saturated rings. The first-order chi connectivity index (χ1) is 7.27. The van der Waals surface area contributed by atoms with Gasteiger partial charge in [-0.3, -0.25) is 0 Å². The Balaban J connectivity index is 2.35. The standard InChI is InChI=1S/C9H12N2O3S/c1-2-14-8(13)7-6(5-12)11-3-4-15-9(11)10-7/h12H,2-5H2,1H3. The highest BCUT2D eigenvalue weighted by Gasteiger charge is 2.25. The summed E-state index contributed by atoms with van der Waals surface area (Å²) in [7, 11) is 0. The topological polar surface area (TPSA) is 64.3 Å². The average Bonchev–Trinajstić information content (AvgIpc) is 2.76. The molecule has 1 aliphatic heterocycles. The maximum absolute atomic E-state index is 11.5. The van der Waals surface area contributed by atoms with E-state index in [0.29, 0.717) is 12.3 Å². The lowest BCUT2D eigenvalue weighted by atomic mass is 10.3. The Kier molecular flexibility index (Phi) is 2.97. The molecule has 0 amide bonds. The largest absolute Gasteiger partial charge is 0.461 e. The fourth-order valence-electron chi connectivity index (χ4n) is 1.56. The van der Waals surface area contributed by atoms with Crippen LogP contribution in [0.25, 0.3) is 0 Å². The molecule has 5 nitrogen and oxygen atoms in total. The molecule has 0 radical (unpaired) electrons. The lowest BCUT2D eigenvalue weighted by Crippen LogP contribution is -2.10. The van der Waals surface area contributed by atoms with Gasteiger partial charge in [0.1, 0.15) is 0 Å². The van der Waals surface area contributed by atoms with Crippen LogP contribution in [0, 0.1) is 0 Å². The van der Waals surface area contributed by atoms with Gasteiger partial charge in [0.15, 0.2) is 10.9 Å². The minimum Gasteiger partial charge on any atom is -0.461 e. The number of hydrogen-bond donors (Lipinski definition) is 1. The van der Waals surface area contributed by atoms with E-state index in [1.54, 1.807) is 18.7 Å². The molecule has 0 saturated carbocycles. The van der Waals surface area contributed by atoms with Gasteiger partial charge in [0, 0.05) is 12.3 Å². The molecule has 6 heteroatoms. The van der Waals surface area contributed by atoms with Crippen molar-refractivity contribution in [2.24, 2.45) is 0 Å².